The SMILES string of the molecule is CC(C)CCOc1ccc(C(=O)NCCNC(=O)c2ccco2)cc1. The van der Waals surface area contributed by atoms with Crippen molar-refractivity contribution >= 4 is 11.8 Å². The Hall–Kier alpha value is -2.76. The molecule has 2 amide bonds. The first kappa shape index (κ1) is 18.6. The summed E-state index contributed by atoms with van der Waals surface area (Å²) in [6, 6.07) is 10.2. The van der Waals surface area contributed by atoms with Gasteiger partial charge in [0.15, 0.2) is 5.76 Å². The highest BCUT2D eigenvalue weighted by molar-refractivity contribution is 5.94. The molecule has 0 atom stereocenters. The molecule has 0 radical (unpaired) electrons. The number of carbonyl (C=O) groups excluding carboxylic acids is 2. The standard InChI is InChI=1S/C19H24N2O4/c1-14(2)9-13-24-16-7-5-15(6-8-16)18(22)20-10-11-21-19(23)17-4-3-12-25-17/h3-8,12,14H,9-11,13H2,1-2H3,(H,20,22)(H,21,23). The number of ether oxygens (including phenoxy) is 1. The molecule has 1 heterocycles. The van der Waals surface area contributed by atoms with Gasteiger partial charge in [0.05, 0.1) is 12.9 Å². The largest absolute Gasteiger partial charge is 0.494 e. The zero-order chi connectivity index (χ0) is 18.1. The van der Waals surface area contributed by atoms with Crippen LogP contribution in [0.1, 0.15) is 41.2 Å². The van der Waals surface area contributed by atoms with E-state index in [1.54, 1.807) is 36.4 Å². The molecule has 1 aromatic heterocycles. The fourth-order valence-corrected chi connectivity index (χ4v) is 2.06. The van der Waals surface area contributed by atoms with Gasteiger partial charge in [-0.2, -0.15) is 0 Å². The third-order valence-electron chi connectivity index (χ3n) is 3.52. The van der Waals surface area contributed by atoms with Gasteiger partial charge in [0.25, 0.3) is 11.8 Å². The van der Waals surface area contributed by atoms with E-state index in [0.29, 0.717) is 31.2 Å². The van der Waals surface area contributed by atoms with E-state index in [9.17, 15) is 9.59 Å². The van der Waals surface area contributed by atoms with Crippen LogP contribution in [-0.4, -0.2) is 31.5 Å². The molecule has 0 aliphatic carbocycles. The van der Waals surface area contributed by atoms with Gasteiger partial charge in [-0.25, -0.2) is 0 Å². The predicted octanol–water partition coefficient (Wildman–Crippen LogP) is 2.86. The molecule has 6 nitrogen and oxygen atoms in total. The van der Waals surface area contributed by atoms with Crippen LogP contribution in [0.15, 0.2) is 47.1 Å². The summed E-state index contributed by atoms with van der Waals surface area (Å²) in [6.45, 7) is 5.61. The summed E-state index contributed by atoms with van der Waals surface area (Å²) in [5.74, 6) is 1.10. The molecule has 0 spiro atoms. The van der Waals surface area contributed by atoms with E-state index in [2.05, 4.69) is 24.5 Å². The molecule has 0 fully saturated rings. The molecule has 2 aromatic rings. The van der Waals surface area contributed by atoms with Crippen LogP contribution in [0.3, 0.4) is 0 Å². The first-order valence-electron chi connectivity index (χ1n) is 8.39. The molecular formula is C19H24N2O4. The molecule has 0 aliphatic rings. The number of nitrogens with one attached hydrogen (secondary N) is 2. The number of benzene rings is 1. The normalized spacial score (nSPS) is 10.5. The first-order valence-corrected chi connectivity index (χ1v) is 8.39. The van der Waals surface area contributed by atoms with Crippen molar-refractivity contribution in [2.24, 2.45) is 5.92 Å². The smallest absolute Gasteiger partial charge is 0.287 e. The van der Waals surface area contributed by atoms with Gasteiger partial charge in [0.1, 0.15) is 5.75 Å². The van der Waals surface area contributed by atoms with Gasteiger partial charge < -0.3 is 19.8 Å². The summed E-state index contributed by atoms with van der Waals surface area (Å²) in [4.78, 5) is 23.7. The van der Waals surface area contributed by atoms with Crippen molar-refractivity contribution in [1.82, 2.24) is 10.6 Å². The lowest BCUT2D eigenvalue weighted by Crippen LogP contribution is -2.34. The molecule has 0 aliphatic heterocycles. The predicted molar refractivity (Wildman–Crippen MR) is 94.8 cm³/mol. The lowest BCUT2D eigenvalue weighted by atomic mass is 10.1. The minimum Gasteiger partial charge on any atom is -0.494 e. The fourth-order valence-electron chi connectivity index (χ4n) is 2.06. The topological polar surface area (TPSA) is 80.6 Å². The van der Waals surface area contributed by atoms with Crippen molar-refractivity contribution in [3.8, 4) is 5.75 Å². The van der Waals surface area contributed by atoms with Crippen molar-refractivity contribution in [3.05, 3.63) is 54.0 Å². The Bertz CT molecular complexity index is 663. The molecular weight excluding hydrogens is 320 g/mol. The Balaban J connectivity index is 1.69. The van der Waals surface area contributed by atoms with Gasteiger partial charge in [-0.3, -0.25) is 9.59 Å². The average molecular weight is 344 g/mol. The van der Waals surface area contributed by atoms with Gasteiger partial charge in [0, 0.05) is 18.7 Å². The quantitative estimate of drug-likeness (QED) is 0.686. The fraction of sp³-hybridized carbons (Fsp3) is 0.368. The summed E-state index contributed by atoms with van der Waals surface area (Å²) in [5.41, 5.74) is 0.550. The van der Waals surface area contributed by atoms with Crippen LogP contribution in [0.4, 0.5) is 0 Å². The molecule has 0 saturated carbocycles. The van der Waals surface area contributed by atoms with Gasteiger partial charge in [-0.1, -0.05) is 13.8 Å². The number of rotatable bonds is 9. The number of furan rings is 1. The monoisotopic (exact) mass is 344 g/mol. The summed E-state index contributed by atoms with van der Waals surface area (Å²) in [7, 11) is 0. The molecule has 0 unspecified atom stereocenters. The van der Waals surface area contributed by atoms with Crippen LogP contribution in [0.2, 0.25) is 0 Å². The molecule has 25 heavy (non-hydrogen) atoms. The highest BCUT2D eigenvalue weighted by Gasteiger charge is 2.08. The van der Waals surface area contributed by atoms with Gasteiger partial charge in [-0.15, -0.1) is 0 Å². The van der Waals surface area contributed by atoms with E-state index in [1.807, 2.05) is 0 Å². The molecule has 134 valence electrons. The van der Waals surface area contributed by atoms with E-state index in [4.69, 9.17) is 9.15 Å². The van der Waals surface area contributed by atoms with E-state index < -0.39 is 0 Å². The highest BCUT2D eigenvalue weighted by Crippen LogP contribution is 2.13. The zero-order valence-electron chi connectivity index (χ0n) is 14.6. The third-order valence-corrected chi connectivity index (χ3v) is 3.52. The second kappa shape index (κ2) is 9.52. The van der Waals surface area contributed by atoms with E-state index in [-0.39, 0.29) is 17.6 Å². The highest BCUT2D eigenvalue weighted by atomic mass is 16.5. The van der Waals surface area contributed by atoms with Crippen LogP contribution in [0.25, 0.3) is 0 Å². The lowest BCUT2D eigenvalue weighted by molar-refractivity contribution is 0.0910. The Morgan fingerprint density at radius 2 is 1.72 bits per heavy atom. The summed E-state index contributed by atoms with van der Waals surface area (Å²) in [5, 5.41) is 5.42. The van der Waals surface area contributed by atoms with E-state index >= 15 is 0 Å². The van der Waals surface area contributed by atoms with Crippen molar-refractivity contribution in [2.75, 3.05) is 19.7 Å². The molecule has 0 bridgehead atoms. The van der Waals surface area contributed by atoms with Crippen LogP contribution < -0.4 is 15.4 Å². The lowest BCUT2D eigenvalue weighted by Gasteiger charge is -2.09. The van der Waals surface area contributed by atoms with Crippen LogP contribution >= 0.6 is 0 Å². The van der Waals surface area contributed by atoms with Crippen LogP contribution in [-0.2, 0) is 0 Å². The van der Waals surface area contributed by atoms with Crippen LogP contribution in [0, 0.1) is 5.92 Å². The molecule has 2 N–H and O–H groups in total. The molecule has 6 heteroatoms. The summed E-state index contributed by atoms with van der Waals surface area (Å²) < 4.78 is 10.6. The molecule has 0 saturated heterocycles. The van der Waals surface area contributed by atoms with Gasteiger partial charge >= 0.3 is 0 Å². The van der Waals surface area contributed by atoms with E-state index in [0.717, 1.165) is 12.2 Å². The summed E-state index contributed by atoms with van der Waals surface area (Å²) >= 11 is 0. The number of amides is 2. The number of carbonyl (C=O) groups is 2. The van der Waals surface area contributed by atoms with Gasteiger partial charge in [0.2, 0.25) is 0 Å². The maximum atomic E-state index is 12.0. The van der Waals surface area contributed by atoms with E-state index in [1.165, 1.54) is 6.26 Å². The van der Waals surface area contributed by atoms with Crippen molar-refractivity contribution in [3.63, 3.8) is 0 Å². The Morgan fingerprint density at radius 3 is 2.32 bits per heavy atom. The third kappa shape index (κ3) is 6.33. The minimum atomic E-state index is -0.304. The Labute approximate surface area is 147 Å². The Kier molecular flexibility index (Phi) is 7.07. The second-order valence-corrected chi connectivity index (χ2v) is 6.04. The van der Waals surface area contributed by atoms with Crippen molar-refractivity contribution in [1.29, 1.82) is 0 Å². The van der Waals surface area contributed by atoms with Crippen molar-refractivity contribution in [2.45, 2.75) is 20.3 Å². The molecule has 2 rings (SSSR count). The van der Waals surface area contributed by atoms with Crippen molar-refractivity contribution < 1.29 is 18.7 Å². The zero-order valence-corrected chi connectivity index (χ0v) is 14.6. The number of hydrogen-bond acceptors (Lipinski definition) is 4. The Morgan fingerprint density at radius 1 is 1.04 bits per heavy atom. The maximum Gasteiger partial charge on any atom is 0.287 e. The maximum absolute atomic E-state index is 12.0. The average Bonchev–Trinajstić information content (AvgIpc) is 3.13. The summed E-state index contributed by atoms with van der Waals surface area (Å²) in [6.07, 6.45) is 2.43. The van der Waals surface area contributed by atoms with Gasteiger partial charge in [-0.05, 0) is 48.7 Å². The minimum absolute atomic E-state index is 0.194. The first-order chi connectivity index (χ1) is 12.1. The second-order valence-electron chi connectivity index (χ2n) is 6.04. The number of hydrogen-bond donors (Lipinski definition) is 2. The van der Waals surface area contributed by atoms with Crippen LogP contribution in [0.5, 0.6) is 5.75 Å². The molecule has 1 aromatic carbocycles.